The third-order valence-corrected chi connectivity index (χ3v) is 14.2. The molecule has 0 aliphatic heterocycles. The molecule has 0 aliphatic carbocycles. The summed E-state index contributed by atoms with van der Waals surface area (Å²) in [4.78, 5) is 9.24. The van der Waals surface area contributed by atoms with Gasteiger partial charge in [0.25, 0.3) is 0 Å². The van der Waals surface area contributed by atoms with Crippen LogP contribution >= 0.6 is 11.3 Å². The van der Waals surface area contributed by atoms with Crippen molar-refractivity contribution in [2.45, 2.75) is 50.9 Å². The molecule has 0 aliphatic rings. The van der Waals surface area contributed by atoms with E-state index in [0.29, 0.717) is 10.6 Å². The van der Waals surface area contributed by atoms with Crippen molar-refractivity contribution in [3.8, 4) is 33.6 Å². The molecule has 0 saturated carbocycles. The van der Waals surface area contributed by atoms with E-state index in [2.05, 4.69) is 104 Å². The second kappa shape index (κ2) is 15.0. The van der Waals surface area contributed by atoms with Gasteiger partial charge in [-0.15, -0.1) is 23.8 Å². The van der Waals surface area contributed by atoms with Crippen LogP contribution < -0.4 is 4.40 Å². The van der Waals surface area contributed by atoms with Crippen molar-refractivity contribution in [2.24, 2.45) is 0 Å². The van der Waals surface area contributed by atoms with E-state index in [9.17, 15) is 4.39 Å². The van der Waals surface area contributed by atoms with Gasteiger partial charge in [-0.2, -0.15) is 11.3 Å². The maximum absolute atomic E-state index is 15.0. The van der Waals surface area contributed by atoms with Crippen molar-refractivity contribution in [1.82, 2.24) is 9.97 Å². The molecule has 4 aromatic carbocycles. The Balaban J connectivity index is 0.000000214. The van der Waals surface area contributed by atoms with Gasteiger partial charge < -0.3 is 4.98 Å². The Bertz CT molecular complexity index is 2190. The molecule has 0 fully saturated rings. The first-order valence-corrected chi connectivity index (χ1v) is 24.2. The topological polar surface area (TPSA) is 25.8 Å². The van der Waals surface area contributed by atoms with Gasteiger partial charge >= 0.3 is 106 Å². The molecular weight excluding hydrogens is 848 g/mol. The van der Waals surface area contributed by atoms with Gasteiger partial charge in [0.2, 0.25) is 0 Å². The van der Waals surface area contributed by atoms with E-state index in [0.717, 1.165) is 49.1 Å². The van der Waals surface area contributed by atoms with Crippen LogP contribution in [-0.4, -0.2) is 23.2 Å². The Morgan fingerprint density at radius 2 is 1.44 bits per heavy atom. The molecule has 3 heterocycles. The molecule has 0 saturated heterocycles. The number of fused-ring (bicyclic) bond motifs is 3. The average Bonchev–Trinajstić information content (AvgIpc) is 3.44. The van der Waals surface area contributed by atoms with E-state index >= 15 is 0 Å². The molecule has 0 spiro atoms. The second-order valence-electron chi connectivity index (χ2n) is 13.4. The first-order valence-electron chi connectivity index (χ1n) is 16.0. The fraction of sp³-hybridized carbons (Fsp3) is 0.190. The fourth-order valence-corrected chi connectivity index (χ4v) is 10.7. The smallest absolute Gasteiger partial charge is 0.140 e. The van der Waals surface area contributed by atoms with Crippen molar-refractivity contribution < 1.29 is 24.5 Å². The molecular formula is C42H39FGeIrN2S-2. The van der Waals surface area contributed by atoms with Crippen LogP contribution in [0.4, 0.5) is 4.39 Å². The van der Waals surface area contributed by atoms with Crippen LogP contribution in [0.2, 0.25) is 17.3 Å². The van der Waals surface area contributed by atoms with Gasteiger partial charge in [-0.25, -0.2) is 4.39 Å². The van der Waals surface area contributed by atoms with Crippen LogP contribution in [0.25, 0.3) is 53.8 Å². The van der Waals surface area contributed by atoms with Crippen LogP contribution in [0, 0.1) is 31.8 Å². The minimum Gasteiger partial charge on any atom is -0.304 e. The number of aromatic nitrogens is 2. The van der Waals surface area contributed by atoms with Crippen LogP contribution in [-0.2, 0) is 20.1 Å². The molecule has 0 bridgehead atoms. The summed E-state index contributed by atoms with van der Waals surface area (Å²) in [5.74, 6) is 7.46. The summed E-state index contributed by atoms with van der Waals surface area (Å²) in [6, 6.07) is 36.7. The molecule has 7 aromatic rings. The summed E-state index contributed by atoms with van der Waals surface area (Å²) in [7, 11) is 0. The van der Waals surface area contributed by atoms with E-state index in [1.807, 2.05) is 60.8 Å². The molecule has 0 atom stereocenters. The number of aryl methyl sites for hydroxylation is 2. The molecule has 3 aromatic heterocycles. The van der Waals surface area contributed by atoms with Gasteiger partial charge in [-0.1, -0.05) is 55.6 Å². The van der Waals surface area contributed by atoms with E-state index in [-0.39, 0.29) is 25.9 Å². The quantitative estimate of drug-likeness (QED) is 0.127. The van der Waals surface area contributed by atoms with Crippen LogP contribution in [0.3, 0.4) is 0 Å². The number of pyridine rings is 2. The number of benzene rings is 4. The fourth-order valence-electron chi connectivity index (χ4n) is 6.08. The van der Waals surface area contributed by atoms with Gasteiger partial charge in [0.05, 0.1) is 4.70 Å². The summed E-state index contributed by atoms with van der Waals surface area (Å²) in [6.45, 7) is 8.68. The van der Waals surface area contributed by atoms with E-state index < -0.39 is 13.3 Å². The van der Waals surface area contributed by atoms with Gasteiger partial charge in [-0.3, -0.25) is 0 Å². The number of nitrogens with zero attached hydrogens (tertiary/aromatic N) is 2. The standard InChI is InChI=1S/C27H21FNS.C15H18GeN.Ir/c1-16(2)21-14-25(29-15-17(21)3)19-9-10-26-22(11-19)23-12-20(13-24(28)27(23)30-26)18-7-5-4-6-8-18;1-12-10-15(13-8-6-5-7-9-13)17-11-14(12)16(2,3)4;/h4-8,10-16H,1-3H3;5-8,10-11H,1-4H3;/q2*-1;. The van der Waals surface area contributed by atoms with Gasteiger partial charge in [-0.05, 0) is 63.0 Å². The number of hydrogen-bond acceptors (Lipinski definition) is 3. The summed E-state index contributed by atoms with van der Waals surface area (Å²) < 4.78 is 18.2. The Labute approximate surface area is 304 Å². The number of thiophene rings is 1. The normalized spacial score (nSPS) is 11.4. The molecule has 2 nitrogen and oxygen atoms in total. The minimum absolute atomic E-state index is 0. The monoisotopic (exact) mass is 889 g/mol. The third kappa shape index (κ3) is 7.71. The zero-order valence-corrected chi connectivity index (χ0v) is 33.7. The maximum atomic E-state index is 15.0. The Kier molecular flexibility index (Phi) is 11.2. The number of halogens is 1. The van der Waals surface area contributed by atoms with Crippen molar-refractivity contribution in [1.29, 1.82) is 0 Å². The Hall–Kier alpha value is -3.48. The maximum Gasteiger partial charge on any atom is 0.140 e. The Morgan fingerprint density at radius 3 is 2.10 bits per heavy atom. The Morgan fingerprint density at radius 1 is 0.729 bits per heavy atom. The summed E-state index contributed by atoms with van der Waals surface area (Å²) in [5.41, 5.74) is 9.72. The third-order valence-electron chi connectivity index (χ3n) is 8.51. The number of hydrogen-bond donors (Lipinski definition) is 0. The zero-order chi connectivity index (χ0) is 33.3. The van der Waals surface area contributed by atoms with Crippen molar-refractivity contribution in [3.63, 3.8) is 0 Å². The van der Waals surface area contributed by atoms with Crippen molar-refractivity contribution >= 4 is 49.2 Å². The van der Waals surface area contributed by atoms with Crippen molar-refractivity contribution in [2.75, 3.05) is 0 Å². The van der Waals surface area contributed by atoms with E-state index in [4.69, 9.17) is 0 Å². The number of rotatable bonds is 5. The minimum atomic E-state index is -1.77. The van der Waals surface area contributed by atoms with E-state index in [1.54, 1.807) is 6.07 Å². The van der Waals surface area contributed by atoms with Crippen LogP contribution in [0.1, 0.15) is 36.5 Å². The molecule has 0 N–H and O–H groups in total. The molecule has 0 amide bonds. The SMILES string of the molecule is Cc1cc(-c2[c-]cccc2)nc[c]1[Ge]([CH3])([CH3])[CH3].Cc1cnc(-c2[c-]cc3sc4c(F)cc(-c5ccccc5)cc4c3c2)cc1C(C)C.[Ir]. The average molecular weight is 888 g/mol. The zero-order valence-electron chi connectivity index (χ0n) is 28.4. The summed E-state index contributed by atoms with van der Waals surface area (Å²) >= 11 is -0.293. The first kappa shape index (κ1) is 35.8. The van der Waals surface area contributed by atoms with Crippen LogP contribution in [0.15, 0.2) is 103 Å². The first-order chi connectivity index (χ1) is 22.5. The van der Waals surface area contributed by atoms with Gasteiger partial charge in [0.15, 0.2) is 0 Å². The van der Waals surface area contributed by atoms with E-state index in [1.165, 1.54) is 32.4 Å². The van der Waals surface area contributed by atoms with Gasteiger partial charge in [0, 0.05) is 26.3 Å². The summed E-state index contributed by atoms with van der Waals surface area (Å²) in [6.07, 6.45) is 4.01. The van der Waals surface area contributed by atoms with Gasteiger partial charge in [0.1, 0.15) is 5.82 Å². The predicted molar refractivity (Wildman–Crippen MR) is 202 cm³/mol. The molecule has 7 rings (SSSR count). The largest absolute Gasteiger partial charge is 0.304 e. The second-order valence-corrected chi connectivity index (χ2v) is 25.0. The molecule has 245 valence electrons. The molecule has 48 heavy (non-hydrogen) atoms. The van der Waals surface area contributed by atoms with Crippen molar-refractivity contribution in [3.05, 3.63) is 138 Å². The molecule has 6 heteroatoms. The summed E-state index contributed by atoms with van der Waals surface area (Å²) in [5, 5.41) is 1.99. The predicted octanol–water partition coefficient (Wildman–Crippen LogP) is 11.6. The molecule has 1 radical (unpaired) electrons. The van der Waals surface area contributed by atoms with Crippen LogP contribution in [0.5, 0.6) is 0 Å². The molecule has 0 unspecified atom stereocenters.